The lowest BCUT2D eigenvalue weighted by Gasteiger charge is -1.98. The first-order chi connectivity index (χ1) is 7.86. The molecule has 0 aliphatic heterocycles. The Labute approximate surface area is 91.6 Å². The Morgan fingerprint density at radius 1 is 0.562 bits per heavy atom. The van der Waals surface area contributed by atoms with Gasteiger partial charge >= 0.3 is 0 Å². The molecule has 0 aromatic heterocycles. The molecule has 0 aliphatic rings. The molecule has 4 rings (SSSR count). The highest BCUT2D eigenvalue weighted by Gasteiger charge is 2.11. The molecule has 0 spiro atoms. The van der Waals surface area contributed by atoms with Crippen LogP contribution in [0.3, 0.4) is 0 Å². The SMILES string of the molecule is O=c1ccc2c3cccc3c3cccc3c12. The Hall–Kier alpha value is -2.15. The largest absolute Gasteiger partial charge is 0.289 e. The van der Waals surface area contributed by atoms with Crippen molar-refractivity contribution in [1.29, 1.82) is 0 Å². The van der Waals surface area contributed by atoms with Gasteiger partial charge in [-0.3, -0.25) is 4.79 Å². The van der Waals surface area contributed by atoms with Gasteiger partial charge in [0.2, 0.25) is 0 Å². The number of hydrogen-bond donors (Lipinski definition) is 0. The van der Waals surface area contributed by atoms with Crippen LogP contribution in [0.2, 0.25) is 0 Å². The summed E-state index contributed by atoms with van der Waals surface area (Å²) < 4.78 is 0. The molecule has 0 aliphatic carbocycles. The average molecular weight is 204 g/mol. The second-order valence-corrected chi connectivity index (χ2v) is 4.19. The van der Waals surface area contributed by atoms with Crippen LogP contribution in [0.5, 0.6) is 0 Å². The molecule has 74 valence electrons. The van der Waals surface area contributed by atoms with Crippen molar-refractivity contribution in [2.45, 2.75) is 0 Å². The predicted molar refractivity (Wildman–Crippen MR) is 67.6 cm³/mol. The molecule has 0 amide bonds. The zero-order valence-electron chi connectivity index (χ0n) is 8.53. The van der Waals surface area contributed by atoms with E-state index in [4.69, 9.17) is 0 Å². The van der Waals surface area contributed by atoms with Gasteiger partial charge in [0.1, 0.15) is 0 Å². The van der Waals surface area contributed by atoms with Crippen LogP contribution < -0.4 is 5.43 Å². The van der Waals surface area contributed by atoms with Crippen molar-refractivity contribution in [3.05, 3.63) is 58.8 Å². The molecule has 0 saturated heterocycles. The summed E-state index contributed by atoms with van der Waals surface area (Å²) in [6.07, 6.45) is 0. The van der Waals surface area contributed by atoms with Crippen molar-refractivity contribution in [2.24, 2.45) is 0 Å². The second-order valence-electron chi connectivity index (χ2n) is 4.19. The predicted octanol–water partition coefficient (Wildman–Crippen LogP) is 3.38. The van der Waals surface area contributed by atoms with Gasteiger partial charge in [0, 0.05) is 5.39 Å². The number of fused-ring (bicyclic) bond motifs is 6. The maximum absolute atomic E-state index is 11.9. The summed E-state index contributed by atoms with van der Waals surface area (Å²) in [7, 11) is 0. The van der Waals surface area contributed by atoms with E-state index in [0.717, 1.165) is 16.2 Å². The summed E-state index contributed by atoms with van der Waals surface area (Å²) in [6.45, 7) is 0. The van der Waals surface area contributed by atoms with Crippen molar-refractivity contribution in [2.75, 3.05) is 0 Å². The molecule has 16 heavy (non-hydrogen) atoms. The lowest BCUT2D eigenvalue weighted by Crippen LogP contribution is -1.90. The van der Waals surface area contributed by atoms with Gasteiger partial charge in [-0.05, 0) is 39.1 Å². The first-order valence-corrected chi connectivity index (χ1v) is 5.35. The van der Waals surface area contributed by atoms with Gasteiger partial charge < -0.3 is 0 Å². The van der Waals surface area contributed by atoms with Crippen molar-refractivity contribution in [3.63, 3.8) is 0 Å². The van der Waals surface area contributed by atoms with Crippen LogP contribution in [0.15, 0.2) is 53.3 Å². The second kappa shape index (κ2) is 2.50. The first-order valence-electron chi connectivity index (χ1n) is 5.35. The van der Waals surface area contributed by atoms with Crippen LogP contribution >= 0.6 is 0 Å². The summed E-state index contributed by atoms with van der Waals surface area (Å²) in [5, 5.41) is 6.68. The Kier molecular flexibility index (Phi) is 1.26. The standard InChI is InChI=1S/C15H8O/c16-14-8-7-13-11-4-1-3-9(11)10-5-2-6-12(10)15(13)14/h1-8H. The molecule has 0 bridgehead atoms. The molecule has 1 heteroatoms. The molecular formula is C15H8O. The normalized spacial score (nSPS) is 12.0. The highest BCUT2D eigenvalue weighted by molar-refractivity contribution is 6.26. The number of rotatable bonds is 0. The lowest BCUT2D eigenvalue weighted by atomic mass is 10.0. The number of hydrogen-bond acceptors (Lipinski definition) is 1. The Bertz CT molecular complexity index is 831. The van der Waals surface area contributed by atoms with E-state index in [9.17, 15) is 4.79 Å². The van der Waals surface area contributed by atoms with Gasteiger partial charge in [-0.15, -0.1) is 0 Å². The van der Waals surface area contributed by atoms with Gasteiger partial charge in [-0.1, -0.05) is 36.4 Å². The Morgan fingerprint density at radius 3 is 1.75 bits per heavy atom. The van der Waals surface area contributed by atoms with Crippen molar-refractivity contribution < 1.29 is 0 Å². The van der Waals surface area contributed by atoms with Crippen molar-refractivity contribution >= 4 is 32.3 Å². The summed E-state index contributed by atoms with van der Waals surface area (Å²) in [6, 6.07) is 16.0. The highest BCUT2D eigenvalue weighted by atomic mass is 16.1. The Morgan fingerprint density at radius 2 is 1.06 bits per heavy atom. The van der Waals surface area contributed by atoms with E-state index in [-0.39, 0.29) is 5.43 Å². The summed E-state index contributed by atoms with van der Waals surface area (Å²) in [4.78, 5) is 11.9. The van der Waals surface area contributed by atoms with Crippen LogP contribution in [0.4, 0.5) is 0 Å². The van der Waals surface area contributed by atoms with E-state index in [2.05, 4.69) is 18.2 Å². The van der Waals surface area contributed by atoms with E-state index in [0.29, 0.717) is 0 Å². The zero-order chi connectivity index (χ0) is 10.7. The summed E-state index contributed by atoms with van der Waals surface area (Å²) in [5.41, 5.74) is 0.134. The minimum Gasteiger partial charge on any atom is -0.289 e. The van der Waals surface area contributed by atoms with Gasteiger partial charge in [0.25, 0.3) is 0 Å². The zero-order valence-corrected chi connectivity index (χ0v) is 8.53. The van der Waals surface area contributed by atoms with Crippen LogP contribution in [-0.2, 0) is 0 Å². The summed E-state index contributed by atoms with van der Waals surface area (Å²) in [5.74, 6) is 0. The molecule has 0 fully saturated rings. The average Bonchev–Trinajstić information content (AvgIpc) is 2.91. The molecule has 0 saturated carbocycles. The van der Waals surface area contributed by atoms with Gasteiger partial charge in [0.05, 0.1) is 0 Å². The highest BCUT2D eigenvalue weighted by Crippen LogP contribution is 2.34. The fraction of sp³-hybridized carbons (Fsp3) is 0. The van der Waals surface area contributed by atoms with Gasteiger partial charge in [-0.2, -0.15) is 0 Å². The monoisotopic (exact) mass is 204 g/mol. The van der Waals surface area contributed by atoms with E-state index in [1.165, 1.54) is 16.2 Å². The maximum Gasteiger partial charge on any atom is 0.187 e. The van der Waals surface area contributed by atoms with E-state index < -0.39 is 0 Å². The topological polar surface area (TPSA) is 17.1 Å². The fourth-order valence-corrected chi connectivity index (χ4v) is 2.72. The van der Waals surface area contributed by atoms with E-state index in [1.807, 2.05) is 24.3 Å². The van der Waals surface area contributed by atoms with Crippen LogP contribution in [0.1, 0.15) is 0 Å². The fourth-order valence-electron chi connectivity index (χ4n) is 2.72. The van der Waals surface area contributed by atoms with Crippen molar-refractivity contribution in [1.82, 2.24) is 0 Å². The molecule has 1 nitrogen and oxygen atoms in total. The lowest BCUT2D eigenvalue weighted by molar-refractivity contribution is 1.83. The molecule has 0 radical (unpaired) electrons. The molecule has 0 heterocycles. The van der Waals surface area contributed by atoms with E-state index in [1.54, 1.807) is 6.07 Å². The van der Waals surface area contributed by atoms with Gasteiger partial charge in [-0.25, -0.2) is 0 Å². The third-order valence-corrected chi connectivity index (χ3v) is 3.40. The van der Waals surface area contributed by atoms with Gasteiger partial charge in [0.15, 0.2) is 5.43 Å². The van der Waals surface area contributed by atoms with E-state index >= 15 is 0 Å². The minimum absolute atomic E-state index is 0.134. The summed E-state index contributed by atoms with van der Waals surface area (Å²) >= 11 is 0. The molecule has 0 atom stereocenters. The molecule has 0 N–H and O–H groups in total. The number of benzene rings is 1. The first kappa shape index (κ1) is 8.05. The van der Waals surface area contributed by atoms with Crippen LogP contribution in [0.25, 0.3) is 32.3 Å². The van der Waals surface area contributed by atoms with Crippen LogP contribution in [0, 0.1) is 0 Å². The molecule has 4 aromatic carbocycles. The quantitative estimate of drug-likeness (QED) is 0.429. The van der Waals surface area contributed by atoms with Crippen LogP contribution in [-0.4, -0.2) is 0 Å². The third kappa shape index (κ3) is 0.760. The Balaban J connectivity index is 2.59. The smallest absolute Gasteiger partial charge is 0.187 e. The minimum atomic E-state index is 0.134. The molecular weight excluding hydrogens is 196 g/mol. The molecule has 0 unspecified atom stereocenters. The van der Waals surface area contributed by atoms with Crippen molar-refractivity contribution in [3.8, 4) is 0 Å². The molecule has 4 aromatic rings. The maximum atomic E-state index is 11.9. The third-order valence-electron chi connectivity index (χ3n) is 3.40.